The summed E-state index contributed by atoms with van der Waals surface area (Å²) in [6.45, 7) is 4.16. The van der Waals surface area contributed by atoms with Crippen molar-refractivity contribution in [3.63, 3.8) is 0 Å². The fourth-order valence-corrected chi connectivity index (χ4v) is 2.47. The Morgan fingerprint density at radius 2 is 1.50 bits per heavy atom. The highest BCUT2D eigenvalue weighted by atomic mass is 15.2. The summed E-state index contributed by atoms with van der Waals surface area (Å²) < 4.78 is 0. The molecule has 0 saturated heterocycles. The van der Waals surface area contributed by atoms with Gasteiger partial charge >= 0.3 is 0 Å². The van der Waals surface area contributed by atoms with E-state index < -0.39 is 0 Å². The Kier molecular flexibility index (Phi) is 4.75. The van der Waals surface area contributed by atoms with Crippen molar-refractivity contribution in [1.29, 1.82) is 0 Å². The van der Waals surface area contributed by atoms with Gasteiger partial charge in [-0.25, -0.2) is 4.98 Å². The monoisotopic (exact) mass is 318 g/mol. The molecule has 0 atom stereocenters. The van der Waals surface area contributed by atoms with Crippen LogP contribution in [0, 0.1) is 0 Å². The summed E-state index contributed by atoms with van der Waals surface area (Å²) in [5, 5.41) is 3.31. The Balaban J connectivity index is 2.05. The molecule has 3 rings (SSSR count). The quantitative estimate of drug-likeness (QED) is 0.738. The zero-order chi connectivity index (χ0) is 16.9. The molecule has 1 N–H and O–H groups in total. The number of anilines is 3. The first kappa shape index (κ1) is 16.0. The molecule has 24 heavy (non-hydrogen) atoms. The molecule has 1 heterocycles. The molecule has 0 unspecified atom stereocenters. The highest BCUT2D eigenvalue weighted by molar-refractivity contribution is 5.68. The first-order valence-electron chi connectivity index (χ1n) is 8.13. The van der Waals surface area contributed by atoms with Gasteiger partial charge in [0.15, 0.2) is 0 Å². The molecule has 0 saturated carbocycles. The number of para-hydroxylation sites is 1. The molecule has 0 fully saturated rings. The topological polar surface area (TPSA) is 41.1 Å². The summed E-state index contributed by atoms with van der Waals surface area (Å²) in [7, 11) is 2.02. The van der Waals surface area contributed by atoms with E-state index in [9.17, 15) is 0 Å². The van der Waals surface area contributed by atoms with Gasteiger partial charge in [-0.05, 0) is 26.0 Å². The smallest absolute Gasteiger partial charge is 0.225 e. The molecular formula is C20H22N4. The summed E-state index contributed by atoms with van der Waals surface area (Å²) in [5.41, 5.74) is 3.08. The first-order valence-corrected chi connectivity index (χ1v) is 8.13. The molecular weight excluding hydrogens is 296 g/mol. The lowest BCUT2D eigenvalue weighted by atomic mass is 10.1. The Morgan fingerprint density at radius 3 is 2.12 bits per heavy atom. The van der Waals surface area contributed by atoms with E-state index in [1.54, 1.807) is 0 Å². The van der Waals surface area contributed by atoms with Gasteiger partial charge in [0.05, 0.1) is 5.69 Å². The van der Waals surface area contributed by atoms with Crippen LogP contribution in [0.15, 0.2) is 66.7 Å². The van der Waals surface area contributed by atoms with Crippen LogP contribution in [0.2, 0.25) is 0 Å². The molecule has 4 nitrogen and oxygen atoms in total. The number of nitrogens with one attached hydrogen (secondary N) is 1. The van der Waals surface area contributed by atoms with Crippen LogP contribution < -0.4 is 10.2 Å². The predicted molar refractivity (Wildman–Crippen MR) is 101 cm³/mol. The van der Waals surface area contributed by atoms with Crippen molar-refractivity contribution < 1.29 is 0 Å². The van der Waals surface area contributed by atoms with Gasteiger partial charge in [0, 0.05) is 30.4 Å². The van der Waals surface area contributed by atoms with Crippen molar-refractivity contribution in [2.45, 2.75) is 19.9 Å². The maximum atomic E-state index is 4.68. The van der Waals surface area contributed by atoms with Crippen LogP contribution >= 0.6 is 0 Å². The van der Waals surface area contributed by atoms with Crippen molar-refractivity contribution in [1.82, 2.24) is 9.97 Å². The second-order valence-electron chi connectivity index (χ2n) is 5.99. The minimum Gasteiger partial charge on any atom is -0.352 e. The van der Waals surface area contributed by atoms with Gasteiger partial charge in [-0.15, -0.1) is 0 Å². The molecule has 0 bridgehead atoms. The van der Waals surface area contributed by atoms with Gasteiger partial charge in [0.25, 0.3) is 0 Å². The third kappa shape index (κ3) is 3.71. The van der Waals surface area contributed by atoms with Gasteiger partial charge in [0.1, 0.15) is 5.82 Å². The van der Waals surface area contributed by atoms with Crippen LogP contribution in [-0.2, 0) is 0 Å². The Bertz CT molecular complexity index is 785. The van der Waals surface area contributed by atoms with Crippen LogP contribution in [0.4, 0.5) is 17.5 Å². The van der Waals surface area contributed by atoms with Crippen LogP contribution in [0.1, 0.15) is 13.8 Å². The second kappa shape index (κ2) is 7.13. The van der Waals surface area contributed by atoms with E-state index in [1.807, 2.05) is 49.5 Å². The molecule has 0 aliphatic carbocycles. The number of hydrogen-bond acceptors (Lipinski definition) is 4. The fraction of sp³-hybridized carbons (Fsp3) is 0.200. The van der Waals surface area contributed by atoms with E-state index in [2.05, 4.69) is 58.3 Å². The molecule has 0 aliphatic heterocycles. The van der Waals surface area contributed by atoms with E-state index in [-0.39, 0.29) is 6.04 Å². The summed E-state index contributed by atoms with van der Waals surface area (Å²) in [6.07, 6.45) is 0. The number of nitrogens with zero attached hydrogens (tertiary/aromatic N) is 3. The van der Waals surface area contributed by atoms with Crippen LogP contribution in [0.3, 0.4) is 0 Å². The van der Waals surface area contributed by atoms with E-state index in [0.29, 0.717) is 5.95 Å². The molecule has 3 aromatic rings. The summed E-state index contributed by atoms with van der Waals surface area (Å²) in [6, 6.07) is 22.7. The zero-order valence-corrected chi connectivity index (χ0v) is 14.3. The molecule has 1 aromatic heterocycles. The minimum atomic E-state index is 0.269. The average Bonchev–Trinajstić information content (AvgIpc) is 2.62. The van der Waals surface area contributed by atoms with Crippen molar-refractivity contribution in [3.05, 3.63) is 66.7 Å². The van der Waals surface area contributed by atoms with E-state index in [4.69, 9.17) is 0 Å². The largest absolute Gasteiger partial charge is 0.352 e. The third-order valence-corrected chi connectivity index (χ3v) is 3.69. The van der Waals surface area contributed by atoms with E-state index >= 15 is 0 Å². The Morgan fingerprint density at radius 1 is 0.875 bits per heavy atom. The normalized spacial score (nSPS) is 10.7. The minimum absolute atomic E-state index is 0.269. The van der Waals surface area contributed by atoms with Crippen molar-refractivity contribution in [2.24, 2.45) is 0 Å². The van der Waals surface area contributed by atoms with Gasteiger partial charge < -0.3 is 10.2 Å². The highest BCUT2D eigenvalue weighted by Crippen LogP contribution is 2.27. The summed E-state index contributed by atoms with van der Waals surface area (Å²) >= 11 is 0. The first-order chi connectivity index (χ1) is 11.6. The van der Waals surface area contributed by atoms with Crippen molar-refractivity contribution >= 4 is 17.5 Å². The maximum absolute atomic E-state index is 4.68. The third-order valence-electron chi connectivity index (χ3n) is 3.69. The Labute approximate surface area is 143 Å². The van der Waals surface area contributed by atoms with Crippen LogP contribution in [0.5, 0.6) is 0 Å². The number of rotatable bonds is 5. The van der Waals surface area contributed by atoms with Crippen molar-refractivity contribution in [2.75, 3.05) is 17.3 Å². The lowest BCUT2D eigenvalue weighted by Gasteiger charge is -2.20. The van der Waals surface area contributed by atoms with Gasteiger partial charge in [0.2, 0.25) is 5.95 Å². The molecule has 0 spiro atoms. The Hall–Kier alpha value is -2.88. The molecule has 4 heteroatoms. The van der Waals surface area contributed by atoms with E-state index in [1.165, 1.54) is 0 Å². The van der Waals surface area contributed by atoms with Gasteiger partial charge in [-0.1, -0.05) is 48.5 Å². The average molecular weight is 318 g/mol. The second-order valence-corrected chi connectivity index (χ2v) is 5.99. The molecule has 0 amide bonds. The highest BCUT2D eigenvalue weighted by Gasteiger charge is 2.11. The summed E-state index contributed by atoms with van der Waals surface area (Å²) in [4.78, 5) is 11.4. The van der Waals surface area contributed by atoms with Gasteiger partial charge in [-0.3, -0.25) is 0 Å². The molecule has 0 radical (unpaired) electrons. The van der Waals surface area contributed by atoms with E-state index in [0.717, 1.165) is 22.8 Å². The SMILES string of the molecule is CC(C)Nc1nc(-c2ccccc2)cc(N(C)c2ccccc2)n1. The van der Waals surface area contributed by atoms with Crippen molar-refractivity contribution in [3.8, 4) is 11.3 Å². The molecule has 0 aliphatic rings. The number of hydrogen-bond donors (Lipinski definition) is 1. The summed E-state index contributed by atoms with van der Waals surface area (Å²) in [5.74, 6) is 1.50. The maximum Gasteiger partial charge on any atom is 0.225 e. The number of aromatic nitrogens is 2. The fourth-order valence-electron chi connectivity index (χ4n) is 2.47. The standard InChI is InChI=1S/C20H22N4/c1-15(2)21-20-22-18(16-10-6-4-7-11-16)14-19(23-20)24(3)17-12-8-5-9-13-17/h4-15H,1-3H3,(H,21,22,23). The molecule has 2 aromatic carbocycles. The predicted octanol–water partition coefficient (Wildman–Crippen LogP) is 4.73. The van der Waals surface area contributed by atoms with Gasteiger partial charge in [-0.2, -0.15) is 4.98 Å². The zero-order valence-electron chi connectivity index (χ0n) is 14.3. The lowest BCUT2D eigenvalue weighted by molar-refractivity contribution is 0.873. The lowest BCUT2D eigenvalue weighted by Crippen LogP contribution is -2.16. The van der Waals surface area contributed by atoms with Crippen LogP contribution in [-0.4, -0.2) is 23.1 Å². The molecule has 122 valence electrons. The van der Waals surface area contributed by atoms with Crippen LogP contribution in [0.25, 0.3) is 11.3 Å². The number of benzene rings is 2.